The van der Waals surface area contributed by atoms with Gasteiger partial charge in [0.25, 0.3) is 0 Å². The lowest BCUT2D eigenvalue weighted by Crippen LogP contribution is -2.05. The summed E-state index contributed by atoms with van der Waals surface area (Å²) >= 11 is 0. The Morgan fingerprint density at radius 3 is 3.00 bits per heavy atom. The number of ether oxygens (including phenoxy) is 3. The van der Waals surface area contributed by atoms with E-state index < -0.39 is 0 Å². The number of hydrogen-bond donors (Lipinski definition) is 1. The molecule has 1 aromatic rings. The molecule has 1 unspecified atom stereocenters. The predicted octanol–water partition coefficient (Wildman–Crippen LogP) is 2.43. The minimum Gasteiger partial charge on any atom is -0.454 e. The molecule has 0 saturated carbocycles. The molecule has 0 radical (unpaired) electrons. The topological polar surface area (TPSA) is 47.9 Å². The maximum Gasteiger partial charge on any atom is 0.231 e. The Morgan fingerprint density at radius 2 is 2.22 bits per heavy atom. The van der Waals surface area contributed by atoms with Gasteiger partial charge in [0.15, 0.2) is 11.5 Å². The summed E-state index contributed by atoms with van der Waals surface area (Å²) < 4.78 is 16.3. The van der Waals surface area contributed by atoms with Crippen molar-refractivity contribution in [3.05, 3.63) is 36.4 Å². The average molecular weight is 250 g/mol. The van der Waals surface area contributed by atoms with Gasteiger partial charge < -0.3 is 19.3 Å². The van der Waals surface area contributed by atoms with E-state index in [1.807, 2.05) is 18.2 Å². The molecule has 1 N–H and O–H groups in total. The van der Waals surface area contributed by atoms with Crippen LogP contribution < -0.4 is 9.47 Å². The first kappa shape index (κ1) is 12.9. The molecule has 4 heteroatoms. The van der Waals surface area contributed by atoms with Crippen molar-refractivity contribution in [3.8, 4) is 11.5 Å². The van der Waals surface area contributed by atoms with Crippen LogP contribution in [0.2, 0.25) is 0 Å². The quantitative estimate of drug-likeness (QED) is 0.755. The molecular formula is C14H18O4. The van der Waals surface area contributed by atoms with Gasteiger partial charge in [-0.25, -0.2) is 0 Å². The van der Waals surface area contributed by atoms with Crippen LogP contribution in [0.15, 0.2) is 30.9 Å². The Balaban J connectivity index is 2.10. The van der Waals surface area contributed by atoms with Gasteiger partial charge in [-0.3, -0.25) is 0 Å². The molecule has 1 heterocycles. The Hall–Kier alpha value is -1.52. The summed E-state index contributed by atoms with van der Waals surface area (Å²) in [5, 5.41) is 8.92. The van der Waals surface area contributed by atoms with Crippen molar-refractivity contribution >= 4 is 0 Å². The zero-order valence-corrected chi connectivity index (χ0v) is 10.3. The fourth-order valence-electron chi connectivity index (χ4n) is 1.92. The maximum atomic E-state index is 8.92. The minimum absolute atomic E-state index is 0.0513. The third kappa shape index (κ3) is 3.03. The van der Waals surface area contributed by atoms with Crippen LogP contribution in [0.4, 0.5) is 0 Å². The van der Waals surface area contributed by atoms with E-state index in [1.165, 1.54) is 0 Å². The molecule has 1 atom stereocenters. The fraction of sp³-hybridized carbons (Fsp3) is 0.429. The summed E-state index contributed by atoms with van der Waals surface area (Å²) in [6.07, 6.45) is 3.14. The van der Waals surface area contributed by atoms with Gasteiger partial charge in [0, 0.05) is 6.61 Å². The first-order valence-electron chi connectivity index (χ1n) is 6.08. The molecule has 0 amide bonds. The first-order valence-corrected chi connectivity index (χ1v) is 6.08. The van der Waals surface area contributed by atoms with Crippen LogP contribution in [0.3, 0.4) is 0 Å². The number of fused-ring (bicyclic) bond motifs is 1. The highest BCUT2D eigenvalue weighted by molar-refractivity contribution is 5.45. The van der Waals surface area contributed by atoms with Crippen molar-refractivity contribution in [3.63, 3.8) is 0 Å². The van der Waals surface area contributed by atoms with E-state index >= 15 is 0 Å². The summed E-state index contributed by atoms with van der Waals surface area (Å²) in [6, 6.07) is 5.80. The van der Waals surface area contributed by atoms with Crippen molar-refractivity contribution in [2.45, 2.75) is 18.9 Å². The molecule has 18 heavy (non-hydrogen) atoms. The number of rotatable bonds is 7. The highest BCUT2D eigenvalue weighted by Crippen LogP contribution is 2.35. The molecule has 0 fully saturated rings. The second kappa shape index (κ2) is 6.42. The lowest BCUT2D eigenvalue weighted by atomic mass is 10.0. The van der Waals surface area contributed by atoms with Crippen LogP contribution >= 0.6 is 0 Å². The summed E-state index contributed by atoms with van der Waals surface area (Å²) in [4.78, 5) is 0. The van der Waals surface area contributed by atoms with E-state index in [0.29, 0.717) is 13.0 Å². The summed E-state index contributed by atoms with van der Waals surface area (Å²) in [5.41, 5.74) is 1.04. The van der Waals surface area contributed by atoms with Crippen LogP contribution in [-0.2, 0) is 4.74 Å². The van der Waals surface area contributed by atoms with Crippen LogP contribution in [0, 0.1) is 0 Å². The summed E-state index contributed by atoms with van der Waals surface area (Å²) in [7, 11) is 0. The normalized spacial score (nSPS) is 14.5. The number of hydrogen-bond acceptors (Lipinski definition) is 4. The van der Waals surface area contributed by atoms with Crippen LogP contribution in [-0.4, -0.2) is 25.1 Å². The smallest absolute Gasteiger partial charge is 0.231 e. The van der Waals surface area contributed by atoms with E-state index in [0.717, 1.165) is 23.5 Å². The highest BCUT2D eigenvalue weighted by atomic mass is 16.7. The molecule has 98 valence electrons. The molecular weight excluding hydrogens is 232 g/mol. The maximum absolute atomic E-state index is 8.92. The lowest BCUT2D eigenvalue weighted by molar-refractivity contribution is 0.0616. The summed E-state index contributed by atoms with van der Waals surface area (Å²) in [6.45, 7) is 4.57. The van der Waals surface area contributed by atoms with Gasteiger partial charge in [-0.1, -0.05) is 12.1 Å². The first-order chi connectivity index (χ1) is 8.85. The van der Waals surface area contributed by atoms with Crippen molar-refractivity contribution in [2.24, 2.45) is 0 Å². The van der Waals surface area contributed by atoms with E-state index in [9.17, 15) is 0 Å². The fourth-order valence-corrected chi connectivity index (χ4v) is 1.92. The van der Waals surface area contributed by atoms with Gasteiger partial charge in [0.1, 0.15) is 0 Å². The second-order valence-electron chi connectivity index (χ2n) is 4.09. The molecule has 0 bridgehead atoms. The van der Waals surface area contributed by atoms with Gasteiger partial charge in [-0.05, 0) is 30.5 Å². The van der Waals surface area contributed by atoms with E-state index in [2.05, 4.69) is 6.58 Å². The van der Waals surface area contributed by atoms with E-state index in [4.69, 9.17) is 19.3 Å². The molecule has 1 aliphatic heterocycles. The van der Waals surface area contributed by atoms with Crippen LogP contribution in [0.25, 0.3) is 0 Å². The monoisotopic (exact) mass is 250 g/mol. The van der Waals surface area contributed by atoms with Crippen molar-refractivity contribution in [2.75, 3.05) is 20.0 Å². The lowest BCUT2D eigenvalue weighted by Gasteiger charge is -2.17. The second-order valence-corrected chi connectivity index (χ2v) is 4.09. The molecule has 0 aromatic heterocycles. The summed E-state index contributed by atoms with van der Waals surface area (Å²) in [5.74, 6) is 1.52. The molecule has 1 aromatic carbocycles. The molecule has 2 rings (SSSR count). The molecule has 0 saturated heterocycles. The molecule has 1 aliphatic rings. The average Bonchev–Trinajstić information content (AvgIpc) is 2.86. The number of benzene rings is 1. The van der Waals surface area contributed by atoms with Crippen molar-refractivity contribution in [1.82, 2.24) is 0 Å². The van der Waals surface area contributed by atoms with Gasteiger partial charge >= 0.3 is 0 Å². The van der Waals surface area contributed by atoms with Gasteiger partial charge in [0.05, 0.1) is 12.7 Å². The predicted molar refractivity (Wildman–Crippen MR) is 67.8 cm³/mol. The Labute approximate surface area is 107 Å². The van der Waals surface area contributed by atoms with Crippen LogP contribution in [0.1, 0.15) is 24.5 Å². The van der Waals surface area contributed by atoms with Gasteiger partial charge in [0.2, 0.25) is 6.79 Å². The van der Waals surface area contributed by atoms with Gasteiger partial charge in [-0.2, -0.15) is 0 Å². The highest BCUT2D eigenvalue weighted by Gasteiger charge is 2.18. The van der Waals surface area contributed by atoms with E-state index in [1.54, 1.807) is 6.08 Å². The van der Waals surface area contributed by atoms with Crippen molar-refractivity contribution < 1.29 is 19.3 Å². The minimum atomic E-state index is -0.0513. The van der Waals surface area contributed by atoms with Gasteiger partial charge in [-0.15, -0.1) is 6.58 Å². The van der Waals surface area contributed by atoms with Crippen molar-refractivity contribution in [1.29, 1.82) is 0 Å². The zero-order valence-electron chi connectivity index (χ0n) is 10.3. The molecule has 4 nitrogen and oxygen atoms in total. The standard InChI is InChI=1S/C14H18O4/c1-2-8-16-12(4-3-7-15)11-5-6-13-14(9-11)18-10-17-13/h2,5-6,9,12,15H,1,3-4,7-8,10H2. The van der Waals surface area contributed by atoms with E-state index in [-0.39, 0.29) is 19.5 Å². The third-order valence-corrected chi connectivity index (χ3v) is 2.81. The Bertz CT molecular complexity index is 403. The largest absolute Gasteiger partial charge is 0.454 e. The Morgan fingerprint density at radius 1 is 1.39 bits per heavy atom. The number of aliphatic hydroxyl groups excluding tert-OH is 1. The SMILES string of the molecule is C=CCOC(CCCO)c1ccc2c(c1)OCO2. The zero-order chi connectivity index (χ0) is 12.8. The van der Waals surface area contributed by atoms with Crippen LogP contribution in [0.5, 0.6) is 11.5 Å². The molecule has 0 spiro atoms. The third-order valence-electron chi connectivity index (χ3n) is 2.81. The molecule has 0 aliphatic carbocycles. The number of aliphatic hydroxyl groups is 1. The Kier molecular flexibility index (Phi) is 4.61.